The average molecular weight is 422 g/mol. The minimum atomic E-state index is -3.49. The Bertz CT molecular complexity index is 715. The van der Waals surface area contributed by atoms with Gasteiger partial charge in [-0.05, 0) is 56.2 Å². The molecule has 3 N–H and O–H groups in total. The fourth-order valence-corrected chi connectivity index (χ4v) is 6.52. The van der Waals surface area contributed by atoms with Crippen LogP contribution in [0.15, 0.2) is 16.3 Å². The van der Waals surface area contributed by atoms with E-state index in [9.17, 15) is 13.2 Å². The molecular formula is C17H28ClN3O3S2. The van der Waals surface area contributed by atoms with Gasteiger partial charge in [-0.2, -0.15) is 4.31 Å². The largest absolute Gasteiger partial charge is 0.348 e. The molecule has 1 aromatic heterocycles. The Kier molecular flexibility index (Phi) is 7.50. The van der Waals surface area contributed by atoms with Gasteiger partial charge in [0.05, 0.1) is 4.88 Å². The zero-order valence-electron chi connectivity index (χ0n) is 15.0. The summed E-state index contributed by atoms with van der Waals surface area (Å²) >= 11 is 1.06. The van der Waals surface area contributed by atoms with Crippen molar-refractivity contribution < 1.29 is 13.2 Å². The monoisotopic (exact) mass is 421 g/mol. The van der Waals surface area contributed by atoms with E-state index in [0.29, 0.717) is 36.3 Å². The molecule has 2 unspecified atom stereocenters. The van der Waals surface area contributed by atoms with Crippen molar-refractivity contribution in [3.05, 3.63) is 17.0 Å². The van der Waals surface area contributed by atoms with Gasteiger partial charge in [-0.1, -0.05) is 13.3 Å². The first kappa shape index (κ1) is 21.6. The van der Waals surface area contributed by atoms with Crippen LogP contribution in [0.3, 0.4) is 0 Å². The molecule has 2 heterocycles. The summed E-state index contributed by atoms with van der Waals surface area (Å²) in [6.07, 6.45) is 4.83. The van der Waals surface area contributed by atoms with E-state index in [2.05, 4.69) is 12.2 Å². The molecule has 0 bridgehead atoms. The van der Waals surface area contributed by atoms with Crippen molar-refractivity contribution in [2.24, 2.45) is 17.6 Å². The number of hydrogen-bond donors (Lipinski definition) is 2. The maximum atomic E-state index is 12.8. The van der Waals surface area contributed by atoms with Crippen LogP contribution in [0.1, 0.15) is 48.7 Å². The zero-order chi connectivity index (χ0) is 18.0. The second-order valence-corrected chi connectivity index (χ2v) is 10.5. The fourth-order valence-electron chi connectivity index (χ4n) is 3.68. The highest BCUT2D eigenvalue weighted by Gasteiger charge is 2.31. The number of amides is 1. The van der Waals surface area contributed by atoms with Crippen molar-refractivity contribution in [3.63, 3.8) is 0 Å². The molecule has 6 nitrogen and oxygen atoms in total. The van der Waals surface area contributed by atoms with Crippen LogP contribution in [0.5, 0.6) is 0 Å². The molecule has 1 saturated carbocycles. The summed E-state index contributed by atoms with van der Waals surface area (Å²) in [5.74, 6) is 0.699. The van der Waals surface area contributed by atoms with Gasteiger partial charge in [0.2, 0.25) is 0 Å². The van der Waals surface area contributed by atoms with Crippen LogP contribution in [0, 0.1) is 11.8 Å². The van der Waals surface area contributed by atoms with Crippen molar-refractivity contribution in [1.82, 2.24) is 9.62 Å². The van der Waals surface area contributed by atoms with E-state index in [4.69, 9.17) is 5.73 Å². The number of sulfonamides is 1. The number of nitrogens with zero attached hydrogens (tertiary/aromatic N) is 1. The molecule has 2 fully saturated rings. The normalized spacial score (nSPS) is 25.0. The first-order chi connectivity index (χ1) is 11.9. The summed E-state index contributed by atoms with van der Waals surface area (Å²) < 4.78 is 27.3. The second-order valence-electron chi connectivity index (χ2n) is 7.21. The number of carbonyl (C=O) groups excluding carboxylic acids is 1. The van der Waals surface area contributed by atoms with E-state index >= 15 is 0 Å². The lowest BCUT2D eigenvalue weighted by Crippen LogP contribution is -2.39. The maximum absolute atomic E-state index is 12.8. The number of piperidine rings is 1. The van der Waals surface area contributed by atoms with Crippen LogP contribution in [-0.4, -0.2) is 44.3 Å². The number of hydrogen-bond acceptors (Lipinski definition) is 5. The second kappa shape index (κ2) is 9.01. The highest BCUT2D eigenvalue weighted by Crippen LogP contribution is 2.29. The summed E-state index contributed by atoms with van der Waals surface area (Å²) in [4.78, 5) is 12.9. The number of thiophene rings is 1. The first-order valence-electron chi connectivity index (χ1n) is 9.02. The molecule has 0 spiro atoms. The summed E-state index contributed by atoms with van der Waals surface area (Å²) in [6, 6.07) is 3.27. The molecule has 1 saturated heterocycles. The van der Waals surface area contributed by atoms with Crippen molar-refractivity contribution in [3.8, 4) is 0 Å². The minimum Gasteiger partial charge on any atom is -0.348 e. The average Bonchev–Trinajstić information content (AvgIpc) is 3.24. The molecular weight excluding hydrogens is 394 g/mol. The molecule has 1 amide bonds. The number of nitrogens with two attached hydrogens (primary N) is 1. The van der Waals surface area contributed by atoms with Crippen LogP contribution < -0.4 is 11.1 Å². The molecule has 148 valence electrons. The SMILES string of the molecule is CC1CCN(S(=O)(=O)c2ccc(C(=O)NC3CCCC3CN)s2)CC1.Cl. The van der Waals surface area contributed by atoms with E-state index in [1.165, 1.54) is 0 Å². The maximum Gasteiger partial charge on any atom is 0.261 e. The third-order valence-electron chi connectivity index (χ3n) is 5.42. The number of halogens is 1. The molecule has 2 aliphatic rings. The Morgan fingerprint density at radius 1 is 1.27 bits per heavy atom. The smallest absolute Gasteiger partial charge is 0.261 e. The van der Waals surface area contributed by atoms with Crippen LogP contribution >= 0.6 is 23.7 Å². The summed E-state index contributed by atoms with van der Waals surface area (Å²) in [7, 11) is -3.49. The lowest BCUT2D eigenvalue weighted by molar-refractivity contribution is 0.0933. The van der Waals surface area contributed by atoms with Crippen LogP contribution in [0.25, 0.3) is 0 Å². The highest BCUT2D eigenvalue weighted by molar-refractivity contribution is 7.91. The standard InChI is InChI=1S/C17H27N3O3S2.ClH/c1-12-7-9-20(10-8-12)25(22,23)16-6-5-15(24-16)17(21)19-14-4-2-3-13(14)11-18;/h5-6,12-14H,2-4,7-11,18H2,1H3,(H,19,21);1H. The molecule has 1 aliphatic carbocycles. The first-order valence-corrected chi connectivity index (χ1v) is 11.3. The van der Waals surface area contributed by atoms with Gasteiger partial charge in [0.1, 0.15) is 4.21 Å². The quantitative estimate of drug-likeness (QED) is 0.763. The summed E-state index contributed by atoms with van der Waals surface area (Å²) in [5.41, 5.74) is 5.76. The van der Waals surface area contributed by atoms with Crippen LogP contribution in [-0.2, 0) is 10.0 Å². The third kappa shape index (κ3) is 4.59. The van der Waals surface area contributed by atoms with Crippen molar-refractivity contribution in [2.45, 2.75) is 49.3 Å². The predicted octanol–water partition coefficient (Wildman–Crippen LogP) is 2.45. The van der Waals surface area contributed by atoms with Crippen LogP contribution in [0.2, 0.25) is 0 Å². The van der Waals surface area contributed by atoms with E-state index in [1.807, 2.05) is 0 Å². The molecule has 26 heavy (non-hydrogen) atoms. The van der Waals surface area contributed by atoms with Crippen molar-refractivity contribution in [2.75, 3.05) is 19.6 Å². The Morgan fingerprint density at radius 2 is 1.96 bits per heavy atom. The molecule has 0 radical (unpaired) electrons. The summed E-state index contributed by atoms with van der Waals surface area (Å²) in [5, 5.41) is 3.03. The topological polar surface area (TPSA) is 92.5 Å². The van der Waals surface area contributed by atoms with Gasteiger partial charge in [-0.3, -0.25) is 4.79 Å². The van der Waals surface area contributed by atoms with Gasteiger partial charge >= 0.3 is 0 Å². The molecule has 2 atom stereocenters. The van der Waals surface area contributed by atoms with Gasteiger partial charge in [0.25, 0.3) is 15.9 Å². The Hall–Kier alpha value is -0.670. The van der Waals surface area contributed by atoms with E-state index in [1.54, 1.807) is 16.4 Å². The van der Waals surface area contributed by atoms with Crippen molar-refractivity contribution >= 4 is 39.7 Å². The number of rotatable bonds is 5. The van der Waals surface area contributed by atoms with E-state index in [-0.39, 0.29) is 28.6 Å². The fraction of sp³-hybridized carbons (Fsp3) is 0.706. The number of nitrogens with one attached hydrogen (secondary N) is 1. The predicted molar refractivity (Wildman–Crippen MR) is 106 cm³/mol. The zero-order valence-corrected chi connectivity index (χ0v) is 17.5. The lowest BCUT2D eigenvalue weighted by Gasteiger charge is -2.28. The molecule has 3 rings (SSSR count). The van der Waals surface area contributed by atoms with Gasteiger partial charge in [-0.25, -0.2) is 8.42 Å². The van der Waals surface area contributed by atoms with Gasteiger partial charge < -0.3 is 11.1 Å². The molecule has 0 aromatic carbocycles. The molecule has 1 aromatic rings. The van der Waals surface area contributed by atoms with E-state index < -0.39 is 10.0 Å². The summed E-state index contributed by atoms with van der Waals surface area (Å²) in [6.45, 7) is 3.84. The van der Waals surface area contributed by atoms with Crippen molar-refractivity contribution in [1.29, 1.82) is 0 Å². The Morgan fingerprint density at radius 3 is 2.62 bits per heavy atom. The molecule has 1 aliphatic heterocycles. The van der Waals surface area contributed by atoms with Crippen LogP contribution in [0.4, 0.5) is 0 Å². The van der Waals surface area contributed by atoms with E-state index in [0.717, 1.165) is 43.4 Å². The highest BCUT2D eigenvalue weighted by atomic mass is 35.5. The Labute approximate surface area is 166 Å². The molecule has 9 heteroatoms. The van der Waals surface area contributed by atoms with Gasteiger partial charge in [0.15, 0.2) is 0 Å². The van der Waals surface area contributed by atoms with Gasteiger partial charge in [0, 0.05) is 19.1 Å². The van der Waals surface area contributed by atoms with Gasteiger partial charge in [-0.15, -0.1) is 23.7 Å². The number of carbonyl (C=O) groups is 1. The third-order valence-corrected chi connectivity index (χ3v) is 8.87. The lowest BCUT2D eigenvalue weighted by atomic mass is 10.0. The minimum absolute atomic E-state index is 0. The Balaban J connectivity index is 0.00000243.